The Morgan fingerprint density at radius 2 is 2.06 bits per heavy atom. The molecule has 0 amide bonds. The van der Waals surface area contributed by atoms with Crippen LogP contribution in [0.1, 0.15) is 31.2 Å². The average molecular weight is 302 g/mol. The number of rotatable bonds is 2. The first-order valence-electron chi connectivity index (χ1n) is 5.98. The minimum Gasteiger partial charge on any atom is -0.391 e. The number of anilines is 1. The number of aliphatic hydroxyl groups is 1. The molecule has 1 aliphatic rings. The van der Waals surface area contributed by atoms with Gasteiger partial charge in [-0.25, -0.2) is 4.39 Å². The SMILES string of the molecule is Cc1cc(Br)c(F)cc1NC1CCCCC1O. The molecule has 2 rings (SSSR count). The molecule has 2 unspecified atom stereocenters. The number of hydrogen-bond donors (Lipinski definition) is 2. The van der Waals surface area contributed by atoms with Crippen molar-refractivity contribution >= 4 is 21.6 Å². The lowest BCUT2D eigenvalue weighted by molar-refractivity contribution is 0.116. The van der Waals surface area contributed by atoms with Crippen LogP contribution >= 0.6 is 15.9 Å². The smallest absolute Gasteiger partial charge is 0.139 e. The summed E-state index contributed by atoms with van der Waals surface area (Å²) in [5.41, 5.74) is 1.76. The van der Waals surface area contributed by atoms with Gasteiger partial charge in [-0.2, -0.15) is 0 Å². The average Bonchev–Trinajstić information content (AvgIpc) is 2.29. The van der Waals surface area contributed by atoms with Crippen molar-refractivity contribution in [2.75, 3.05) is 5.32 Å². The normalized spacial score (nSPS) is 24.7. The fraction of sp³-hybridized carbons (Fsp3) is 0.538. The monoisotopic (exact) mass is 301 g/mol. The molecule has 0 radical (unpaired) electrons. The highest BCUT2D eigenvalue weighted by Crippen LogP contribution is 2.27. The van der Waals surface area contributed by atoms with Crippen molar-refractivity contribution in [3.8, 4) is 0 Å². The second kappa shape index (κ2) is 5.36. The molecular weight excluding hydrogens is 285 g/mol. The summed E-state index contributed by atoms with van der Waals surface area (Å²) in [7, 11) is 0. The van der Waals surface area contributed by atoms with Crippen molar-refractivity contribution in [3.05, 3.63) is 28.0 Å². The predicted octanol–water partition coefficient (Wildman–Crippen LogP) is 3.61. The molecule has 0 spiro atoms. The van der Waals surface area contributed by atoms with E-state index < -0.39 is 0 Å². The zero-order valence-electron chi connectivity index (χ0n) is 9.84. The first kappa shape index (κ1) is 12.8. The Balaban J connectivity index is 2.15. The molecule has 1 aliphatic carbocycles. The van der Waals surface area contributed by atoms with Crippen LogP contribution in [0.5, 0.6) is 0 Å². The third-order valence-corrected chi connectivity index (χ3v) is 3.95. The molecule has 94 valence electrons. The number of hydrogen-bond acceptors (Lipinski definition) is 2. The van der Waals surface area contributed by atoms with Crippen LogP contribution in [0.15, 0.2) is 16.6 Å². The lowest BCUT2D eigenvalue weighted by atomic mass is 9.92. The Morgan fingerprint density at radius 1 is 1.35 bits per heavy atom. The number of benzene rings is 1. The van der Waals surface area contributed by atoms with Gasteiger partial charge >= 0.3 is 0 Å². The maximum absolute atomic E-state index is 13.5. The highest BCUT2D eigenvalue weighted by molar-refractivity contribution is 9.10. The summed E-state index contributed by atoms with van der Waals surface area (Å²) in [6.07, 6.45) is 3.64. The van der Waals surface area contributed by atoms with Gasteiger partial charge in [0.25, 0.3) is 0 Å². The predicted molar refractivity (Wildman–Crippen MR) is 70.7 cm³/mol. The zero-order chi connectivity index (χ0) is 12.4. The van der Waals surface area contributed by atoms with E-state index in [9.17, 15) is 9.50 Å². The molecule has 0 aliphatic heterocycles. The minimum absolute atomic E-state index is 0.0445. The Morgan fingerprint density at radius 3 is 2.76 bits per heavy atom. The lowest BCUT2D eigenvalue weighted by Gasteiger charge is -2.29. The van der Waals surface area contributed by atoms with Crippen LogP contribution in [-0.2, 0) is 0 Å². The van der Waals surface area contributed by atoms with Crippen molar-refractivity contribution in [2.24, 2.45) is 0 Å². The van der Waals surface area contributed by atoms with Crippen LogP contribution in [0.3, 0.4) is 0 Å². The van der Waals surface area contributed by atoms with Gasteiger partial charge in [0.05, 0.1) is 16.6 Å². The Labute approximate surface area is 109 Å². The van der Waals surface area contributed by atoms with Gasteiger partial charge in [0, 0.05) is 5.69 Å². The number of aryl methyl sites for hydroxylation is 1. The molecule has 0 saturated heterocycles. The molecule has 0 heterocycles. The van der Waals surface area contributed by atoms with Crippen LogP contribution in [0.25, 0.3) is 0 Å². The van der Waals surface area contributed by atoms with Gasteiger partial charge in [-0.15, -0.1) is 0 Å². The highest BCUT2D eigenvalue weighted by Gasteiger charge is 2.23. The van der Waals surface area contributed by atoms with Crippen molar-refractivity contribution in [3.63, 3.8) is 0 Å². The van der Waals surface area contributed by atoms with Crippen LogP contribution in [-0.4, -0.2) is 17.3 Å². The van der Waals surface area contributed by atoms with Crippen LogP contribution in [0.2, 0.25) is 0 Å². The Hall–Kier alpha value is -0.610. The van der Waals surface area contributed by atoms with Gasteiger partial charge in [-0.05, 0) is 53.4 Å². The molecule has 1 aromatic rings. The van der Waals surface area contributed by atoms with Crippen molar-refractivity contribution in [2.45, 2.75) is 44.8 Å². The molecule has 4 heteroatoms. The summed E-state index contributed by atoms with van der Waals surface area (Å²) in [6.45, 7) is 1.93. The molecule has 1 aromatic carbocycles. The van der Waals surface area contributed by atoms with E-state index in [1.54, 1.807) is 6.07 Å². The number of halogens is 2. The van der Waals surface area contributed by atoms with E-state index in [0.29, 0.717) is 4.47 Å². The first-order valence-corrected chi connectivity index (χ1v) is 6.77. The molecule has 1 saturated carbocycles. The van der Waals surface area contributed by atoms with Gasteiger partial charge in [0.2, 0.25) is 0 Å². The van der Waals surface area contributed by atoms with E-state index in [1.165, 1.54) is 6.07 Å². The zero-order valence-corrected chi connectivity index (χ0v) is 11.4. The second-order valence-corrected chi connectivity index (χ2v) is 5.54. The van der Waals surface area contributed by atoms with Gasteiger partial charge < -0.3 is 10.4 Å². The first-order chi connectivity index (χ1) is 8.08. The largest absolute Gasteiger partial charge is 0.391 e. The Kier molecular flexibility index (Phi) is 4.05. The molecule has 2 atom stereocenters. The van der Waals surface area contributed by atoms with Gasteiger partial charge in [0.1, 0.15) is 5.82 Å². The molecular formula is C13H17BrFNO. The van der Waals surface area contributed by atoms with E-state index in [2.05, 4.69) is 21.2 Å². The fourth-order valence-corrected chi connectivity index (χ4v) is 2.74. The number of nitrogens with one attached hydrogen (secondary N) is 1. The summed E-state index contributed by atoms with van der Waals surface area (Å²) in [5, 5.41) is 13.1. The second-order valence-electron chi connectivity index (χ2n) is 4.68. The van der Waals surface area contributed by atoms with Crippen LogP contribution in [0, 0.1) is 12.7 Å². The van der Waals surface area contributed by atoms with Gasteiger partial charge in [-0.3, -0.25) is 0 Å². The molecule has 17 heavy (non-hydrogen) atoms. The summed E-state index contributed by atoms with van der Waals surface area (Å²) in [4.78, 5) is 0. The van der Waals surface area contributed by atoms with Gasteiger partial charge in [-0.1, -0.05) is 12.8 Å². The molecule has 0 aromatic heterocycles. The summed E-state index contributed by atoms with van der Waals surface area (Å²) < 4.78 is 13.9. The van der Waals surface area contributed by atoms with Gasteiger partial charge in [0.15, 0.2) is 0 Å². The topological polar surface area (TPSA) is 32.3 Å². The lowest BCUT2D eigenvalue weighted by Crippen LogP contribution is -2.36. The third-order valence-electron chi connectivity index (χ3n) is 3.34. The highest BCUT2D eigenvalue weighted by atomic mass is 79.9. The molecule has 2 N–H and O–H groups in total. The van der Waals surface area contributed by atoms with Crippen LogP contribution < -0.4 is 5.32 Å². The maximum Gasteiger partial charge on any atom is 0.139 e. The van der Waals surface area contributed by atoms with E-state index in [4.69, 9.17) is 0 Å². The van der Waals surface area contributed by atoms with E-state index in [-0.39, 0.29) is 18.0 Å². The van der Waals surface area contributed by atoms with E-state index >= 15 is 0 Å². The van der Waals surface area contributed by atoms with Crippen LogP contribution in [0.4, 0.5) is 10.1 Å². The molecule has 1 fully saturated rings. The fourth-order valence-electron chi connectivity index (χ4n) is 2.28. The summed E-state index contributed by atoms with van der Waals surface area (Å²) >= 11 is 3.17. The number of aliphatic hydroxyl groups excluding tert-OH is 1. The standard InChI is InChI=1S/C13H17BrFNO/c1-8-6-9(14)10(15)7-12(8)16-11-4-2-3-5-13(11)17/h6-7,11,13,16-17H,2-5H2,1H3. The Bertz CT molecular complexity index is 411. The summed E-state index contributed by atoms with van der Waals surface area (Å²) in [6, 6.07) is 3.29. The molecule has 2 nitrogen and oxygen atoms in total. The minimum atomic E-state index is -0.324. The summed E-state index contributed by atoms with van der Waals surface area (Å²) in [5.74, 6) is -0.275. The van der Waals surface area contributed by atoms with Crippen molar-refractivity contribution < 1.29 is 9.50 Å². The molecule has 0 bridgehead atoms. The van der Waals surface area contributed by atoms with E-state index in [0.717, 1.165) is 36.9 Å². The van der Waals surface area contributed by atoms with Crippen molar-refractivity contribution in [1.82, 2.24) is 0 Å². The maximum atomic E-state index is 13.5. The van der Waals surface area contributed by atoms with E-state index in [1.807, 2.05) is 6.92 Å². The third kappa shape index (κ3) is 2.99. The quantitative estimate of drug-likeness (QED) is 0.874. The van der Waals surface area contributed by atoms with Crippen molar-refractivity contribution in [1.29, 1.82) is 0 Å².